The van der Waals surface area contributed by atoms with Gasteiger partial charge < -0.3 is 5.32 Å². The quantitative estimate of drug-likeness (QED) is 0.586. The number of carbonyl (C=O) groups excluding carboxylic acids is 1. The van der Waals surface area contributed by atoms with E-state index in [9.17, 15) is 13.2 Å². The average Bonchev–Trinajstić information content (AvgIpc) is 3.23. The van der Waals surface area contributed by atoms with Crippen LogP contribution in [0, 0.1) is 0 Å². The van der Waals surface area contributed by atoms with Crippen LogP contribution in [0.4, 0.5) is 5.69 Å². The summed E-state index contributed by atoms with van der Waals surface area (Å²) in [4.78, 5) is 12.9. The maximum atomic E-state index is 12.9. The van der Waals surface area contributed by atoms with Crippen LogP contribution in [0.3, 0.4) is 0 Å². The van der Waals surface area contributed by atoms with Gasteiger partial charge in [-0.15, -0.1) is 11.3 Å². The molecule has 0 saturated heterocycles. The molecule has 1 heterocycles. The molecule has 0 unspecified atom stereocenters. The van der Waals surface area contributed by atoms with Crippen molar-refractivity contribution in [1.82, 2.24) is 0 Å². The van der Waals surface area contributed by atoms with Crippen LogP contribution in [0.5, 0.6) is 0 Å². The fourth-order valence-corrected chi connectivity index (χ4v) is 5.00. The predicted molar refractivity (Wildman–Crippen MR) is 115 cm³/mol. The number of halogens is 1. The molecule has 2 aromatic carbocycles. The first-order chi connectivity index (χ1) is 13.4. The van der Waals surface area contributed by atoms with Gasteiger partial charge >= 0.3 is 0 Å². The topological polar surface area (TPSA) is 75.6 Å². The van der Waals surface area contributed by atoms with Crippen LogP contribution >= 0.6 is 27.3 Å². The molecular weight excluding hydrogens is 460 g/mol. The summed E-state index contributed by atoms with van der Waals surface area (Å²) in [6, 6.07) is 17.4. The number of anilines is 1. The Balaban J connectivity index is 1.81. The Morgan fingerprint density at radius 1 is 0.929 bits per heavy atom. The molecule has 1 aliphatic carbocycles. The fourth-order valence-electron chi connectivity index (χ4n) is 2.77. The Kier molecular flexibility index (Phi) is 5.01. The molecule has 1 aromatic heterocycles. The van der Waals surface area contributed by atoms with Crippen LogP contribution in [-0.4, -0.2) is 19.9 Å². The summed E-state index contributed by atoms with van der Waals surface area (Å²) in [5.74, 6) is -0.217. The second kappa shape index (κ2) is 7.46. The van der Waals surface area contributed by atoms with E-state index in [4.69, 9.17) is 0 Å². The second-order valence-corrected chi connectivity index (χ2v) is 9.64. The van der Waals surface area contributed by atoms with E-state index in [2.05, 4.69) is 25.6 Å². The standard InChI is InChI=1S/C20H13BrN2O3S2/c21-13-7-9-14(10-8-13)22-18-12-17(15-4-1-2-5-16(15)20(18)24)23-28(25,26)19-6-3-11-27-19/h1-12,22H/b23-17-. The lowest BCUT2D eigenvalue weighted by molar-refractivity contribution is 0.103. The minimum atomic E-state index is -3.86. The third-order valence-corrected chi connectivity index (χ3v) is 7.26. The van der Waals surface area contributed by atoms with E-state index >= 15 is 0 Å². The number of hydrogen-bond acceptors (Lipinski definition) is 5. The lowest BCUT2D eigenvalue weighted by atomic mass is 9.92. The number of Topliss-reactive ketones (excluding diaryl/α,β-unsaturated/α-hetero) is 1. The zero-order valence-electron chi connectivity index (χ0n) is 14.3. The second-order valence-electron chi connectivity index (χ2n) is 5.95. The minimum Gasteiger partial charge on any atom is -0.352 e. The summed E-state index contributed by atoms with van der Waals surface area (Å²) in [5.41, 5.74) is 2.10. The first kappa shape index (κ1) is 18.8. The van der Waals surface area contributed by atoms with Gasteiger partial charge in [-0.2, -0.15) is 12.8 Å². The Morgan fingerprint density at radius 3 is 2.32 bits per heavy atom. The minimum absolute atomic E-state index is 0.158. The fraction of sp³-hybridized carbons (Fsp3) is 0. The number of nitrogens with zero attached hydrogens (tertiary/aromatic N) is 1. The van der Waals surface area contributed by atoms with Crippen LogP contribution < -0.4 is 5.32 Å². The lowest BCUT2D eigenvalue weighted by Gasteiger charge is -2.18. The van der Waals surface area contributed by atoms with Gasteiger partial charge in [0, 0.05) is 21.3 Å². The molecule has 1 aliphatic rings. The predicted octanol–water partition coefficient (Wildman–Crippen LogP) is 4.88. The molecule has 3 aromatic rings. The van der Waals surface area contributed by atoms with E-state index in [1.807, 2.05) is 24.3 Å². The molecule has 0 amide bonds. The molecule has 0 fully saturated rings. The van der Waals surface area contributed by atoms with Gasteiger partial charge in [-0.05, 0) is 41.8 Å². The smallest absolute Gasteiger partial charge is 0.292 e. The van der Waals surface area contributed by atoms with E-state index in [1.165, 1.54) is 12.1 Å². The number of allylic oxidation sites excluding steroid dienone is 2. The summed E-state index contributed by atoms with van der Waals surface area (Å²) in [6.45, 7) is 0. The van der Waals surface area contributed by atoms with E-state index in [0.29, 0.717) is 16.8 Å². The lowest BCUT2D eigenvalue weighted by Crippen LogP contribution is -2.22. The van der Waals surface area contributed by atoms with Crippen LogP contribution in [0.15, 0.2) is 90.9 Å². The van der Waals surface area contributed by atoms with Crippen molar-refractivity contribution in [3.05, 3.63) is 93.4 Å². The Labute approximate surface area is 174 Å². The molecule has 0 bridgehead atoms. The number of nitrogens with one attached hydrogen (secondary N) is 1. The Morgan fingerprint density at radius 2 is 1.64 bits per heavy atom. The third kappa shape index (κ3) is 3.71. The van der Waals surface area contributed by atoms with Crippen LogP contribution in [0.25, 0.3) is 0 Å². The normalized spacial score (nSPS) is 15.2. The highest BCUT2D eigenvalue weighted by molar-refractivity contribution is 9.10. The van der Waals surface area contributed by atoms with Gasteiger partial charge in [-0.25, -0.2) is 0 Å². The molecule has 0 saturated carbocycles. The number of ketones is 1. The molecular formula is C20H13BrN2O3S2. The van der Waals surface area contributed by atoms with Gasteiger partial charge in [-0.3, -0.25) is 4.79 Å². The van der Waals surface area contributed by atoms with E-state index in [0.717, 1.165) is 15.8 Å². The summed E-state index contributed by atoms with van der Waals surface area (Å²) >= 11 is 4.47. The average molecular weight is 473 g/mol. The van der Waals surface area contributed by atoms with Crippen LogP contribution in [0.2, 0.25) is 0 Å². The van der Waals surface area contributed by atoms with Gasteiger partial charge in [0.05, 0.1) is 11.4 Å². The number of thiophene rings is 1. The third-order valence-electron chi connectivity index (χ3n) is 4.06. The summed E-state index contributed by atoms with van der Waals surface area (Å²) in [6.07, 6.45) is 1.48. The summed E-state index contributed by atoms with van der Waals surface area (Å²) in [5, 5.41) is 4.75. The molecule has 1 N–H and O–H groups in total. The first-order valence-corrected chi connectivity index (χ1v) is 11.3. The zero-order chi connectivity index (χ0) is 19.7. The summed E-state index contributed by atoms with van der Waals surface area (Å²) in [7, 11) is -3.86. The van der Waals surface area contributed by atoms with Gasteiger partial charge in [0.15, 0.2) is 0 Å². The van der Waals surface area contributed by atoms with Crippen LogP contribution in [-0.2, 0) is 10.0 Å². The molecule has 5 nitrogen and oxygen atoms in total. The largest absolute Gasteiger partial charge is 0.352 e. The van der Waals surface area contributed by atoms with Crippen molar-refractivity contribution in [2.75, 3.05) is 5.32 Å². The van der Waals surface area contributed by atoms with Crippen molar-refractivity contribution in [2.45, 2.75) is 4.21 Å². The number of rotatable bonds is 4. The van der Waals surface area contributed by atoms with Crippen molar-refractivity contribution < 1.29 is 13.2 Å². The maximum absolute atomic E-state index is 12.9. The van der Waals surface area contributed by atoms with Crippen molar-refractivity contribution in [1.29, 1.82) is 0 Å². The number of benzene rings is 2. The molecule has 0 radical (unpaired) electrons. The van der Waals surface area contributed by atoms with E-state index < -0.39 is 10.0 Å². The van der Waals surface area contributed by atoms with Gasteiger partial charge in [0.2, 0.25) is 5.78 Å². The highest BCUT2D eigenvalue weighted by Gasteiger charge is 2.26. The Hall–Kier alpha value is -2.55. The molecule has 28 heavy (non-hydrogen) atoms. The van der Waals surface area contributed by atoms with Crippen LogP contribution in [0.1, 0.15) is 15.9 Å². The van der Waals surface area contributed by atoms with E-state index in [-0.39, 0.29) is 21.4 Å². The number of fused-ring (bicyclic) bond motifs is 1. The molecule has 0 atom stereocenters. The van der Waals surface area contributed by atoms with Gasteiger partial charge in [0.25, 0.3) is 10.0 Å². The van der Waals surface area contributed by atoms with Gasteiger partial charge in [0.1, 0.15) is 4.21 Å². The molecule has 8 heteroatoms. The highest BCUT2D eigenvalue weighted by atomic mass is 79.9. The summed E-state index contributed by atoms with van der Waals surface area (Å²) < 4.78 is 30.4. The van der Waals surface area contributed by atoms with Crippen molar-refractivity contribution in [3.8, 4) is 0 Å². The molecule has 0 spiro atoms. The van der Waals surface area contributed by atoms with Crippen molar-refractivity contribution in [3.63, 3.8) is 0 Å². The SMILES string of the molecule is O=C1C(Nc2ccc(Br)cc2)=C/C(=N/S(=O)(=O)c2cccs2)c2ccccc21. The number of hydrogen-bond donors (Lipinski definition) is 1. The molecule has 4 rings (SSSR count). The van der Waals surface area contributed by atoms with Crippen molar-refractivity contribution in [2.24, 2.45) is 4.40 Å². The highest BCUT2D eigenvalue weighted by Crippen LogP contribution is 2.26. The Bertz CT molecular complexity index is 1210. The number of sulfonamides is 1. The molecule has 140 valence electrons. The molecule has 0 aliphatic heterocycles. The number of carbonyl (C=O) groups is 1. The zero-order valence-corrected chi connectivity index (χ0v) is 17.5. The monoisotopic (exact) mass is 472 g/mol. The van der Waals surface area contributed by atoms with E-state index in [1.54, 1.807) is 35.7 Å². The maximum Gasteiger partial charge on any atom is 0.292 e. The van der Waals surface area contributed by atoms with Gasteiger partial charge in [-0.1, -0.05) is 46.3 Å². The first-order valence-electron chi connectivity index (χ1n) is 8.21. The van der Waals surface area contributed by atoms with Crippen molar-refractivity contribution >= 4 is 54.5 Å².